The smallest absolute Gasteiger partial charge is 0.408 e. The van der Waals surface area contributed by atoms with Crippen LogP contribution in [0.2, 0.25) is 0 Å². The summed E-state index contributed by atoms with van der Waals surface area (Å²) in [6.45, 7) is -0.00204. The molecule has 5 N–H and O–H groups in total. The Morgan fingerprint density at radius 2 is 1.58 bits per heavy atom. The van der Waals surface area contributed by atoms with Crippen molar-refractivity contribution in [2.75, 3.05) is 0 Å². The molecular formula is C22H22N3O5P. The van der Waals surface area contributed by atoms with Crippen molar-refractivity contribution in [2.45, 2.75) is 12.4 Å². The van der Waals surface area contributed by atoms with E-state index in [9.17, 15) is 14.3 Å². The number of benzene rings is 3. The maximum absolute atomic E-state index is 13.1. The fourth-order valence-corrected chi connectivity index (χ4v) is 4.11. The van der Waals surface area contributed by atoms with E-state index in [0.29, 0.717) is 11.1 Å². The van der Waals surface area contributed by atoms with E-state index < -0.39 is 19.5 Å². The van der Waals surface area contributed by atoms with Crippen molar-refractivity contribution in [1.82, 2.24) is 5.32 Å². The molecule has 3 aromatic rings. The second-order valence-electron chi connectivity index (χ2n) is 6.61. The first-order chi connectivity index (χ1) is 14.8. The summed E-state index contributed by atoms with van der Waals surface area (Å²) >= 11 is 0. The number of alkyl carbamates (subject to hydrolysis) is 1. The summed E-state index contributed by atoms with van der Waals surface area (Å²) in [4.78, 5) is 23.1. The Morgan fingerprint density at radius 3 is 2.16 bits per heavy atom. The molecule has 0 saturated heterocycles. The number of amides is 1. The predicted molar refractivity (Wildman–Crippen MR) is 117 cm³/mol. The molecule has 31 heavy (non-hydrogen) atoms. The number of amidine groups is 1. The first-order valence-corrected chi connectivity index (χ1v) is 11.0. The Bertz CT molecular complexity index is 1080. The zero-order chi connectivity index (χ0) is 22.3. The van der Waals surface area contributed by atoms with Crippen molar-refractivity contribution >= 4 is 19.5 Å². The Labute approximate surface area is 179 Å². The summed E-state index contributed by atoms with van der Waals surface area (Å²) < 4.78 is 23.6. The van der Waals surface area contributed by atoms with Gasteiger partial charge in [-0.05, 0) is 23.3 Å². The normalized spacial score (nSPS) is 13.5. The zero-order valence-corrected chi connectivity index (χ0v) is 17.4. The van der Waals surface area contributed by atoms with Crippen molar-refractivity contribution in [3.05, 3.63) is 102 Å². The monoisotopic (exact) mass is 439 g/mol. The second-order valence-corrected chi connectivity index (χ2v) is 8.44. The highest BCUT2D eigenvalue weighted by Crippen LogP contribution is 2.54. The van der Waals surface area contributed by atoms with Crippen LogP contribution in [0, 0.1) is 5.41 Å². The van der Waals surface area contributed by atoms with Gasteiger partial charge in [-0.3, -0.25) is 5.41 Å². The lowest BCUT2D eigenvalue weighted by Gasteiger charge is -2.24. The van der Waals surface area contributed by atoms with E-state index in [1.165, 1.54) is 36.4 Å². The number of nitrogens with one attached hydrogen (secondary N) is 2. The number of hydrogen-bond donors (Lipinski definition) is 4. The van der Waals surface area contributed by atoms with Crippen LogP contribution in [0.5, 0.6) is 5.75 Å². The lowest BCUT2D eigenvalue weighted by atomic mass is 10.1. The highest BCUT2D eigenvalue weighted by Gasteiger charge is 2.37. The molecular weight excluding hydrogens is 417 g/mol. The van der Waals surface area contributed by atoms with Crippen molar-refractivity contribution in [2.24, 2.45) is 5.73 Å². The van der Waals surface area contributed by atoms with E-state index in [1.807, 2.05) is 18.2 Å². The van der Waals surface area contributed by atoms with Gasteiger partial charge in [0.1, 0.15) is 18.2 Å². The fraction of sp³-hybridized carbons (Fsp3) is 0.0909. The van der Waals surface area contributed by atoms with Crippen LogP contribution in [0.3, 0.4) is 0 Å². The summed E-state index contributed by atoms with van der Waals surface area (Å²) in [6.07, 6.45) is -0.879. The van der Waals surface area contributed by atoms with Gasteiger partial charge in [0.25, 0.3) is 0 Å². The fourth-order valence-electron chi connectivity index (χ4n) is 2.76. The first kappa shape index (κ1) is 22.1. The van der Waals surface area contributed by atoms with Gasteiger partial charge in [0, 0.05) is 5.56 Å². The molecule has 0 aliphatic rings. The van der Waals surface area contributed by atoms with Crippen LogP contribution in [-0.4, -0.2) is 16.8 Å². The Kier molecular flexibility index (Phi) is 7.07. The molecule has 0 aliphatic heterocycles. The van der Waals surface area contributed by atoms with Gasteiger partial charge in [0.15, 0.2) is 5.78 Å². The summed E-state index contributed by atoms with van der Waals surface area (Å²) in [7, 11) is -4.43. The minimum atomic E-state index is -4.43. The molecule has 3 rings (SSSR count). The number of rotatable bonds is 8. The molecule has 0 fully saturated rings. The molecule has 1 amide bonds. The van der Waals surface area contributed by atoms with Crippen LogP contribution in [0.25, 0.3) is 0 Å². The number of carbonyl (C=O) groups excluding carboxylic acids is 1. The van der Waals surface area contributed by atoms with Gasteiger partial charge in [-0.1, -0.05) is 72.8 Å². The number of hydrogen-bond acceptors (Lipinski definition) is 5. The van der Waals surface area contributed by atoms with Crippen LogP contribution in [-0.2, 0) is 15.9 Å². The van der Waals surface area contributed by atoms with E-state index in [2.05, 4.69) is 5.32 Å². The number of ether oxygens (including phenoxy) is 1. The molecule has 0 radical (unpaired) electrons. The van der Waals surface area contributed by atoms with Gasteiger partial charge in [-0.2, -0.15) is 0 Å². The molecule has 2 unspecified atom stereocenters. The van der Waals surface area contributed by atoms with Gasteiger partial charge >= 0.3 is 13.7 Å². The zero-order valence-electron chi connectivity index (χ0n) is 16.5. The Morgan fingerprint density at radius 1 is 1.00 bits per heavy atom. The highest BCUT2D eigenvalue weighted by molar-refractivity contribution is 7.53. The van der Waals surface area contributed by atoms with Gasteiger partial charge in [0.2, 0.25) is 0 Å². The first-order valence-electron chi connectivity index (χ1n) is 9.34. The van der Waals surface area contributed by atoms with Gasteiger partial charge in [-0.25, -0.2) is 9.36 Å². The lowest BCUT2D eigenvalue weighted by Crippen LogP contribution is -2.30. The third kappa shape index (κ3) is 6.18. The summed E-state index contributed by atoms with van der Waals surface area (Å²) in [5.74, 6) is -1.37. The standard InChI is InChI=1S/C22H22N3O5P/c23-20(24)17-11-13-18(14-12-17)21(31(27,28)30-19-9-5-2-6-10-19)25-22(26)29-15-16-7-3-1-4-8-16/h1-14,21H,15H2,(H3,23,24)(H,25,26)(H,27,28). The number of carbonyl (C=O) groups is 1. The van der Waals surface area contributed by atoms with E-state index >= 15 is 0 Å². The largest absolute Gasteiger partial charge is 0.445 e. The van der Waals surface area contributed by atoms with Crippen molar-refractivity contribution < 1.29 is 23.5 Å². The minimum absolute atomic E-state index is 0.00204. The molecule has 9 heteroatoms. The van der Waals surface area contributed by atoms with E-state index in [1.54, 1.807) is 30.3 Å². The van der Waals surface area contributed by atoms with Crippen LogP contribution >= 0.6 is 7.60 Å². The number of para-hydroxylation sites is 1. The van der Waals surface area contributed by atoms with Crippen molar-refractivity contribution in [3.8, 4) is 5.75 Å². The molecule has 0 aromatic heterocycles. The molecule has 2 atom stereocenters. The highest BCUT2D eigenvalue weighted by atomic mass is 31.2. The van der Waals surface area contributed by atoms with Gasteiger partial charge < -0.3 is 25.2 Å². The topological polar surface area (TPSA) is 135 Å². The third-order valence-electron chi connectivity index (χ3n) is 4.31. The molecule has 3 aromatic carbocycles. The summed E-state index contributed by atoms with van der Waals surface area (Å²) in [5, 5.41) is 9.92. The van der Waals surface area contributed by atoms with Crippen LogP contribution in [0.15, 0.2) is 84.9 Å². The van der Waals surface area contributed by atoms with Crippen molar-refractivity contribution in [3.63, 3.8) is 0 Å². The molecule has 0 aliphatic carbocycles. The molecule has 0 bridgehead atoms. The lowest BCUT2D eigenvalue weighted by molar-refractivity contribution is 0.137. The quantitative estimate of drug-likeness (QED) is 0.236. The molecule has 0 saturated carbocycles. The summed E-state index contributed by atoms with van der Waals surface area (Å²) in [5.41, 5.74) is 6.97. The van der Waals surface area contributed by atoms with Crippen molar-refractivity contribution in [1.29, 1.82) is 5.41 Å². The average molecular weight is 439 g/mol. The minimum Gasteiger partial charge on any atom is -0.445 e. The predicted octanol–water partition coefficient (Wildman–Crippen LogP) is 4.16. The molecule has 0 heterocycles. The third-order valence-corrected chi connectivity index (χ3v) is 5.86. The summed E-state index contributed by atoms with van der Waals surface area (Å²) in [6, 6.07) is 23.2. The van der Waals surface area contributed by atoms with Crippen LogP contribution in [0.1, 0.15) is 22.5 Å². The van der Waals surface area contributed by atoms with Gasteiger partial charge in [-0.15, -0.1) is 0 Å². The molecule has 160 valence electrons. The maximum atomic E-state index is 13.1. The number of nitrogens with two attached hydrogens (primary N) is 1. The maximum Gasteiger partial charge on any atom is 0.408 e. The molecule has 0 spiro atoms. The van der Waals surface area contributed by atoms with Gasteiger partial charge in [0.05, 0.1) is 0 Å². The van der Waals surface area contributed by atoms with E-state index in [-0.39, 0.29) is 18.2 Å². The van der Waals surface area contributed by atoms with E-state index in [4.69, 9.17) is 20.4 Å². The van der Waals surface area contributed by atoms with Crippen LogP contribution in [0.4, 0.5) is 4.79 Å². The Hall–Kier alpha value is -3.61. The van der Waals surface area contributed by atoms with E-state index in [0.717, 1.165) is 5.56 Å². The average Bonchev–Trinajstić information content (AvgIpc) is 2.77. The second kappa shape index (κ2) is 9.93. The Balaban J connectivity index is 1.81. The SMILES string of the molecule is N=C(N)c1ccc(C(NC(=O)OCc2ccccc2)P(=O)(O)Oc2ccccc2)cc1. The molecule has 8 nitrogen and oxygen atoms in total. The number of nitrogen functional groups attached to an aromatic ring is 1. The van der Waals surface area contributed by atoms with Crippen LogP contribution < -0.4 is 15.6 Å².